The van der Waals surface area contributed by atoms with E-state index in [1.54, 1.807) is 0 Å². The summed E-state index contributed by atoms with van der Waals surface area (Å²) >= 11 is 0. The second-order valence-electron chi connectivity index (χ2n) is 9.09. The van der Waals surface area contributed by atoms with Gasteiger partial charge >= 0.3 is 7.82 Å². The number of hydrogen-bond acceptors (Lipinski definition) is 5. The molecule has 194 valence electrons. The van der Waals surface area contributed by atoms with Gasteiger partial charge in [-0.25, -0.2) is 4.57 Å². The van der Waals surface area contributed by atoms with E-state index in [-0.39, 0.29) is 0 Å². The van der Waals surface area contributed by atoms with Crippen molar-refractivity contribution in [3.8, 4) is 0 Å². The van der Waals surface area contributed by atoms with Gasteiger partial charge in [-0.1, -0.05) is 104 Å². The topological polar surface area (TPSA) is 48.0 Å². The fourth-order valence-corrected chi connectivity index (χ4v) is 4.87. The van der Waals surface area contributed by atoms with E-state index in [9.17, 15) is 4.57 Å². The molecule has 0 radical (unpaired) electrons. The number of nitrogens with zero attached hydrogens (tertiary/aromatic N) is 1. The monoisotopic (exact) mass is 477 g/mol. The Labute approximate surface area is 201 Å². The minimum absolute atomic E-state index is 0.420. The quantitative estimate of drug-likeness (QED) is 0.0920. The minimum atomic E-state index is -3.41. The van der Waals surface area contributed by atoms with Crippen LogP contribution in [0.3, 0.4) is 0 Å². The molecule has 6 heteroatoms. The van der Waals surface area contributed by atoms with E-state index in [0.29, 0.717) is 13.2 Å². The van der Waals surface area contributed by atoms with Crippen LogP contribution in [0.2, 0.25) is 0 Å². The highest BCUT2D eigenvalue weighted by Gasteiger charge is 2.24. The number of phosphoric ester groups is 1. The van der Waals surface area contributed by atoms with Crippen LogP contribution in [-0.4, -0.2) is 44.9 Å². The first-order valence-corrected chi connectivity index (χ1v) is 15.2. The second-order valence-corrected chi connectivity index (χ2v) is 10.9. The fourth-order valence-electron chi connectivity index (χ4n) is 3.88. The van der Waals surface area contributed by atoms with E-state index < -0.39 is 7.82 Å². The molecule has 1 atom stereocenters. The molecule has 0 fully saturated rings. The standard InChI is InChI=1S/C26H56NO4P/c1-5-8-11-14-17-20-25-30-32(28,29-4)31-26-21-24-27(22-18-15-12-9-6-2)23-19-16-13-10-7-3/h5-26H2,1-4H3. The zero-order valence-corrected chi connectivity index (χ0v) is 23.0. The van der Waals surface area contributed by atoms with Crippen molar-refractivity contribution in [2.75, 3.05) is 40.0 Å². The molecule has 32 heavy (non-hydrogen) atoms. The van der Waals surface area contributed by atoms with Gasteiger partial charge < -0.3 is 4.90 Å². The number of hydrogen-bond donors (Lipinski definition) is 0. The van der Waals surface area contributed by atoms with Gasteiger partial charge in [0.05, 0.1) is 13.2 Å². The van der Waals surface area contributed by atoms with E-state index in [2.05, 4.69) is 25.7 Å². The zero-order chi connectivity index (χ0) is 23.8. The van der Waals surface area contributed by atoms with Gasteiger partial charge in [-0.3, -0.25) is 13.6 Å². The van der Waals surface area contributed by atoms with E-state index >= 15 is 0 Å². The van der Waals surface area contributed by atoms with E-state index in [1.807, 2.05) is 0 Å². The summed E-state index contributed by atoms with van der Waals surface area (Å²) in [4.78, 5) is 2.57. The highest BCUT2D eigenvalue weighted by atomic mass is 31.2. The van der Waals surface area contributed by atoms with Crippen LogP contribution in [0.15, 0.2) is 0 Å². The molecule has 0 spiro atoms. The molecular weight excluding hydrogens is 421 g/mol. The molecule has 0 aromatic rings. The summed E-state index contributed by atoms with van der Waals surface area (Å²) in [5.74, 6) is 0. The van der Waals surface area contributed by atoms with Gasteiger partial charge in [-0.15, -0.1) is 0 Å². The molecule has 0 aromatic heterocycles. The van der Waals surface area contributed by atoms with Gasteiger partial charge in [-0.05, 0) is 38.8 Å². The average molecular weight is 478 g/mol. The van der Waals surface area contributed by atoms with Crippen molar-refractivity contribution in [3.05, 3.63) is 0 Å². The van der Waals surface area contributed by atoms with Crippen molar-refractivity contribution in [3.63, 3.8) is 0 Å². The SMILES string of the molecule is CCCCCCCCOP(=O)(OC)OCCCN(CCCCCCC)CCCCCCC. The van der Waals surface area contributed by atoms with Gasteiger partial charge in [0.2, 0.25) is 0 Å². The van der Waals surface area contributed by atoms with Gasteiger partial charge in [0, 0.05) is 13.7 Å². The highest BCUT2D eigenvalue weighted by molar-refractivity contribution is 7.48. The molecule has 0 saturated heterocycles. The van der Waals surface area contributed by atoms with Crippen LogP contribution in [0, 0.1) is 0 Å². The third-order valence-electron chi connectivity index (χ3n) is 5.99. The van der Waals surface area contributed by atoms with Crippen LogP contribution >= 0.6 is 7.82 Å². The Morgan fingerprint density at radius 1 is 0.531 bits per heavy atom. The summed E-state index contributed by atoms with van der Waals surface area (Å²) in [5, 5.41) is 0. The van der Waals surface area contributed by atoms with E-state index in [4.69, 9.17) is 13.6 Å². The molecule has 0 saturated carbocycles. The van der Waals surface area contributed by atoms with Crippen molar-refractivity contribution >= 4 is 7.82 Å². The molecule has 0 aromatic carbocycles. The van der Waals surface area contributed by atoms with E-state index in [1.165, 1.54) is 97.0 Å². The van der Waals surface area contributed by atoms with Gasteiger partial charge in [-0.2, -0.15) is 0 Å². The van der Waals surface area contributed by atoms with Crippen molar-refractivity contribution in [1.82, 2.24) is 4.90 Å². The summed E-state index contributed by atoms with van der Waals surface area (Å²) in [6.45, 7) is 10.9. The number of rotatable bonds is 26. The summed E-state index contributed by atoms with van der Waals surface area (Å²) in [7, 11) is -1.99. The molecule has 0 bridgehead atoms. The lowest BCUT2D eigenvalue weighted by Gasteiger charge is -2.23. The van der Waals surface area contributed by atoms with Crippen molar-refractivity contribution in [1.29, 1.82) is 0 Å². The van der Waals surface area contributed by atoms with Gasteiger partial charge in [0.15, 0.2) is 0 Å². The van der Waals surface area contributed by atoms with Crippen LogP contribution < -0.4 is 0 Å². The van der Waals surface area contributed by atoms with E-state index in [0.717, 1.165) is 38.9 Å². The van der Waals surface area contributed by atoms with Crippen molar-refractivity contribution in [2.24, 2.45) is 0 Å². The molecule has 0 heterocycles. The second kappa shape index (κ2) is 24.2. The molecule has 5 nitrogen and oxygen atoms in total. The summed E-state index contributed by atoms with van der Waals surface area (Å²) in [6, 6.07) is 0. The van der Waals surface area contributed by atoms with Gasteiger partial charge in [0.25, 0.3) is 0 Å². The third-order valence-corrected chi connectivity index (χ3v) is 7.44. The van der Waals surface area contributed by atoms with Crippen LogP contribution in [0.5, 0.6) is 0 Å². The summed E-state index contributed by atoms with van der Waals surface area (Å²) in [6.07, 6.45) is 21.0. The predicted octanol–water partition coefficient (Wildman–Crippen LogP) is 8.77. The summed E-state index contributed by atoms with van der Waals surface area (Å²) < 4.78 is 28.8. The molecule has 0 rings (SSSR count). The first-order chi connectivity index (χ1) is 15.6. The number of unbranched alkanes of at least 4 members (excludes halogenated alkanes) is 13. The average Bonchev–Trinajstić information content (AvgIpc) is 2.80. The molecule has 0 amide bonds. The van der Waals surface area contributed by atoms with Gasteiger partial charge in [0.1, 0.15) is 0 Å². The first-order valence-electron chi connectivity index (χ1n) is 13.8. The lowest BCUT2D eigenvalue weighted by Crippen LogP contribution is -2.28. The summed E-state index contributed by atoms with van der Waals surface area (Å²) in [5.41, 5.74) is 0. The lowest BCUT2D eigenvalue weighted by molar-refractivity contribution is 0.123. The minimum Gasteiger partial charge on any atom is -0.303 e. The van der Waals surface area contributed by atoms with Crippen molar-refractivity contribution < 1.29 is 18.1 Å². The van der Waals surface area contributed by atoms with Crippen LogP contribution in [0.25, 0.3) is 0 Å². The first kappa shape index (κ1) is 32.1. The molecule has 0 aliphatic heterocycles. The maximum atomic E-state index is 12.6. The predicted molar refractivity (Wildman–Crippen MR) is 138 cm³/mol. The van der Waals surface area contributed by atoms with Crippen LogP contribution in [0.4, 0.5) is 0 Å². The molecular formula is C26H56NO4P. The maximum absolute atomic E-state index is 12.6. The largest absolute Gasteiger partial charge is 0.474 e. The van der Waals surface area contributed by atoms with Crippen LogP contribution in [0.1, 0.15) is 130 Å². The Bertz CT molecular complexity index is 409. The smallest absolute Gasteiger partial charge is 0.303 e. The Morgan fingerprint density at radius 3 is 1.38 bits per heavy atom. The third kappa shape index (κ3) is 20.7. The number of phosphoric acid groups is 1. The Balaban J connectivity index is 4.12. The highest BCUT2D eigenvalue weighted by Crippen LogP contribution is 2.48. The molecule has 0 N–H and O–H groups in total. The molecule has 1 unspecified atom stereocenters. The van der Waals surface area contributed by atoms with Crippen LogP contribution in [-0.2, 0) is 18.1 Å². The fraction of sp³-hybridized carbons (Fsp3) is 1.00. The Hall–Kier alpha value is 0.0700. The zero-order valence-electron chi connectivity index (χ0n) is 22.1. The maximum Gasteiger partial charge on any atom is 0.474 e. The van der Waals surface area contributed by atoms with Crippen molar-refractivity contribution in [2.45, 2.75) is 130 Å². The normalized spacial score (nSPS) is 13.7. The molecule has 0 aliphatic carbocycles. The Kier molecular flexibility index (Phi) is 24.3. The lowest BCUT2D eigenvalue weighted by atomic mass is 10.1. The Morgan fingerprint density at radius 2 is 0.906 bits per heavy atom. The molecule has 0 aliphatic rings.